The lowest BCUT2D eigenvalue weighted by Gasteiger charge is -2.35. The second kappa shape index (κ2) is 6.39. The molecule has 110 valence electrons. The highest BCUT2D eigenvalue weighted by atomic mass is 16.3. The van der Waals surface area contributed by atoms with Gasteiger partial charge in [0.1, 0.15) is 5.60 Å². The number of benzene rings is 2. The maximum Gasteiger partial charge on any atom is 0.116 e. The van der Waals surface area contributed by atoms with E-state index in [1.807, 2.05) is 60.7 Å². The summed E-state index contributed by atoms with van der Waals surface area (Å²) in [6.45, 7) is 2.83. The molecule has 1 saturated heterocycles. The summed E-state index contributed by atoms with van der Waals surface area (Å²) in [6, 6.07) is 20.2. The topological polar surface area (TPSA) is 44.3 Å². The fourth-order valence-corrected chi connectivity index (χ4v) is 3.04. The minimum absolute atomic E-state index is 0.268. The first-order valence-corrected chi connectivity index (χ1v) is 7.56. The molecule has 0 aromatic heterocycles. The SMILES string of the molecule is OC(C[C@H]1CNCCN1)(c1ccccc1)c1ccccc1. The second-order valence-electron chi connectivity index (χ2n) is 5.65. The van der Waals surface area contributed by atoms with Crippen molar-refractivity contribution in [1.29, 1.82) is 0 Å². The van der Waals surface area contributed by atoms with E-state index in [1.165, 1.54) is 0 Å². The Morgan fingerprint density at radius 1 is 0.905 bits per heavy atom. The molecule has 3 nitrogen and oxygen atoms in total. The monoisotopic (exact) mass is 282 g/mol. The molecule has 1 aliphatic rings. The zero-order valence-electron chi connectivity index (χ0n) is 12.1. The van der Waals surface area contributed by atoms with Crippen molar-refractivity contribution in [3.63, 3.8) is 0 Å². The Balaban J connectivity index is 1.94. The molecule has 0 saturated carbocycles. The quantitative estimate of drug-likeness (QED) is 0.802. The third-order valence-electron chi connectivity index (χ3n) is 4.17. The standard InChI is InChI=1S/C18H22N2O/c21-18(15-7-3-1-4-8-15,16-9-5-2-6-10-16)13-17-14-19-11-12-20-17/h1-10,17,19-21H,11-14H2/t17-/m0/s1. The maximum absolute atomic E-state index is 11.4. The number of nitrogens with one attached hydrogen (secondary N) is 2. The minimum atomic E-state index is -0.959. The van der Waals surface area contributed by atoms with Crippen LogP contribution in [0.2, 0.25) is 0 Å². The predicted molar refractivity (Wildman–Crippen MR) is 85.2 cm³/mol. The van der Waals surface area contributed by atoms with Gasteiger partial charge in [-0.25, -0.2) is 0 Å². The highest BCUT2D eigenvalue weighted by Gasteiger charge is 2.34. The molecular formula is C18H22N2O. The number of piperazine rings is 1. The molecule has 0 unspecified atom stereocenters. The highest BCUT2D eigenvalue weighted by Crippen LogP contribution is 2.34. The van der Waals surface area contributed by atoms with Gasteiger partial charge in [-0.15, -0.1) is 0 Å². The van der Waals surface area contributed by atoms with Crippen LogP contribution in [-0.2, 0) is 5.60 Å². The first kappa shape index (κ1) is 14.3. The van der Waals surface area contributed by atoms with E-state index in [2.05, 4.69) is 10.6 Å². The summed E-state index contributed by atoms with van der Waals surface area (Å²) in [5, 5.41) is 18.3. The van der Waals surface area contributed by atoms with Crippen LogP contribution in [0.15, 0.2) is 60.7 Å². The summed E-state index contributed by atoms with van der Waals surface area (Å²) in [6.07, 6.45) is 0.661. The molecule has 2 aromatic rings. The van der Waals surface area contributed by atoms with Gasteiger partial charge in [-0.1, -0.05) is 60.7 Å². The molecule has 3 N–H and O–H groups in total. The van der Waals surface area contributed by atoms with Gasteiger partial charge >= 0.3 is 0 Å². The normalized spacial score (nSPS) is 19.4. The van der Waals surface area contributed by atoms with Gasteiger partial charge in [0.25, 0.3) is 0 Å². The molecule has 1 heterocycles. The predicted octanol–water partition coefficient (Wildman–Crippen LogP) is 1.87. The zero-order valence-corrected chi connectivity index (χ0v) is 12.1. The number of aliphatic hydroxyl groups is 1. The molecule has 0 bridgehead atoms. The van der Waals surface area contributed by atoms with Crippen LogP contribution in [0.25, 0.3) is 0 Å². The molecule has 0 amide bonds. The van der Waals surface area contributed by atoms with Crippen LogP contribution in [0, 0.1) is 0 Å². The molecule has 0 aliphatic carbocycles. The average Bonchev–Trinajstić information content (AvgIpc) is 2.57. The Morgan fingerprint density at radius 2 is 1.48 bits per heavy atom. The summed E-state index contributed by atoms with van der Waals surface area (Å²) in [7, 11) is 0. The van der Waals surface area contributed by atoms with E-state index in [9.17, 15) is 5.11 Å². The Hall–Kier alpha value is -1.68. The largest absolute Gasteiger partial charge is 0.380 e. The summed E-state index contributed by atoms with van der Waals surface area (Å²) >= 11 is 0. The summed E-state index contributed by atoms with van der Waals surface area (Å²) in [5.41, 5.74) is 0.936. The van der Waals surface area contributed by atoms with E-state index in [4.69, 9.17) is 0 Å². The van der Waals surface area contributed by atoms with Crippen molar-refractivity contribution in [2.24, 2.45) is 0 Å². The first-order valence-electron chi connectivity index (χ1n) is 7.56. The summed E-state index contributed by atoms with van der Waals surface area (Å²) in [5.74, 6) is 0. The molecule has 2 aromatic carbocycles. The van der Waals surface area contributed by atoms with Crippen molar-refractivity contribution in [3.05, 3.63) is 71.8 Å². The van der Waals surface area contributed by atoms with Gasteiger partial charge in [-0.05, 0) is 11.1 Å². The van der Waals surface area contributed by atoms with Gasteiger partial charge < -0.3 is 15.7 Å². The fraction of sp³-hybridized carbons (Fsp3) is 0.333. The second-order valence-corrected chi connectivity index (χ2v) is 5.65. The Bertz CT molecular complexity index is 510. The molecule has 21 heavy (non-hydrogen) atoms. The lowest BCUT2D eigenvalue weighted by molar-refractivity contribution is 0.0569. The number of hydrogen-bond donors (Lipinski definition) is 3. The lowest BCUT2D eigenvalue weighted by atomic mass is 9.81. The van der Waals surface area contributed by atoms with Crippen LogP contribution in [0.3, 0.4) is 0 Å². The smallest absolute Gasteiger partial charge is 0.116 e. The number of rotatable bonds is 4. The van der Waals surface area contributed by atoms with Crippen LogP contribution >= 0.6 is 0 Å². The number of hydrogen-bond acceptors (Lipinski definition) is 3. The molecule has 1 aliphatic heterocycles. The maximum atomic E-state index is 11.4. The van der Waals surface area contributed by atoms with Crippen LogP contribution in [0.5, 0.6) is 0 Å². The fourth-order valence-electron chi connectivity index (χ4n) is 3.04. The van der Waals surface area contributed by atoms with Gasteiger partial charge in [-0.2, -0.15) is 0 Å². The van der Waals surface area contributed by atoms with Crippen molar-refractivity contribution < 1.29 is 5.11 Å². The molecule has 1 atom stereocenters. The van der Waals surface area contributed by atoms with E-state index < -0.39 is 5.60 Å². The van der Waals surface area contributed by atoms with Gasteiger partial charge in [0, 0.05) is 32.1 Å². The van der Waals surface area contributed by atoms with E-state index in [0.29, 0.717) is 6.42 Å². The van der Waals surface area contributed by atoms with Gasteiger partial charge in [0.2, 0.25) is 0 Å². The molecule has 1 fully saturated rings. The molecule has 3 rings (SSSR count). The summed E-state index contributed by atoms with van der Waals surface area (Å²) in [4.78, 5) is 0. The molecule has 3 heteroatoms. The van der Waals surface area contributed by atoms with Crippen molar-refractivity contribution in [2.75, 3.05) is 19.6 Å². The minimum Gasteiger partial charge on any atom is -0.380 e. The van der Waals surface area contributed by atoms with Crippen LogP contribution in [0.4, 0.5) is 0 Å². The zero-order chi connectivity index (χ0) is 14.5. The molecule has 0 spiro atoms. The van der Waals surface area contributed by atoms with Gasteiger partial charge in [0.05, 0.1) is 0 Å². The highest BCUT2D eigenvalue weighted by molar-refractivity contribution is 5.36. The van der Waals surface area contributed by atoms with Crippen molar-refractivity contribution in [2.45, 2.75) is 18.1 Å². The first-order chi connectivity index (χ1) is 10.3. The van der Waals surface area contributed by atoms with Gasteiger partial charge in [-0.3, -0.25) is 0 Å². The van der Waals surface area contributed by atoms with Gasteiger partial charge in [0.15, 0.2) is 0 Å². The lowest BCUT2D eigenvalue weighted by Crippen LogP contribution is -2.51. The van der Waals surface area contributed by atoms with E-state index in [0.717, 1.165) is 30.8 Å². The van der Waals surface area contributed by atoms with Crippen molar-refractivity contribution >= 4 is 0 Å². The van der Waals surface area contributed by atoms with Crippen molar-refractivity contribution in [1.82, 2.24) is 10.6 Å². The third-order valence-corrected chi connectivity index (χ3v) is 4.17. The molecule has 0 radical (unpaired) electrons. The third kappa shape index (κ3) is 3.16. The average molecular weight is 282 g/mol. The van der Waals surface area contributed by atoms with Crippen LogP contribution in [-0.4, -0.2) is 30.8 Å². The van der Waals surface area contributed by atoms with E-state index >= 15 is 0 Å². The summed E-state index contributed by atoms with van der Waals surface area (Å²) < 4.78 is 0. The van der Waals surface area contributed by atoms with Crippen molar-refractivity contribution in [3.8, 4) is 0 Å². The molecular weight excluding hydrogens is 260 g/mol. The van der Waals surface area contributed by atoms with Crippen LogP contribution < -0.4 is 10.6 Å². The van der Waals surface area contributed by atoms with Crippen LogP contribution in [0.1, 0.15) is 17.5 Å². The Morgan fingerprint density at radius 3 is 1.95 bits per heavy atom. The van der Waals surface area contributed by atoms with E-state index in [1.54, 1.807) is 0 Å². The van der Waals surface area contributed by atoms with E-state index in [-0.39, 0.29) is 6.04 Å². The Kier molecular flexibility index (Phi) is 4.34. The Labute approximate surface area is 126 Å².